The highest BCUT2D eigenvalue weighted by atomic mass is 16.5. The maximum Gasteiger partial charge on any atom is 0.306 e. The number of hydrogen-bond acceptors (Lipinski definition) is 2. The molecule has 1 aliphatic rings. The number of carbonyl (C=O) groups excluding carboxylic acids is 1. The summed E-state index contributed by atoms with van der Waals surface area (Å²) < 4.78 is 5.42. The molecule has 0 radical (unpaired) electrons. The zero-order chi connectivity index (χ0) is 35.1. The van der Waals surface area contributed by atoms with Gasteiger partial charge in [-0.2, -0.15) is 0 Å². The highest BCUT2D eigenvalue weighted by molar-refractivity contribution is 5.69. The normalized spacial score (nSPS) is 16.7. The predicted molar refractivity (Wildman–Crippen MR) is 213 cm³/mol. The van der Waals surface area contributed by atoms with Crippen molar-refractivity contribution in [3.63, 3.8) is 0 Å². The van der Waals surface area contributed by atoms with Crippen molar-refractivity contribution >= 4 is 5.97 Å². The van der Waals surface area contributed by atoms with Crippen molar-refractivity contribution in [2.24, 2.45) is 5.41 Å². The van der Waals surface area contributed by atoms with E-state index in [-0.39, 0.29) is 11.4 Å². The van der Waals surface area contributed by atoms with E-state index in [0.29, 0.717) is 13.0 Å². The highest BCUT2D eigenvalue weighted by Crippen LogP contribution is 2.40. The van der Waals surface area contributed by atoms with E-state index < -0.39 is 0 Å². The van der Waals surface area contributed by atoms with Crippen LogP contribution in [0.25, 0.3) is 0 Å². The fraction of sp³-hybridized carbons (Fsp3) is 0.500. The SMILES string of the molecule is CC/C=C\C/C=C\C/C=C\C/C=C\C/C=C\C/C=C\CCCCCCC(=O)OC/C=C(C)/C=C/C=C(C)/C=C/C1=C(C)CCCC1(C)C. The van der Waals surface area contributed by atoms with Crippen LogP contribution in [0.1, 0.15) is 138 Å². The van der Waals surface area contributed by atoms with Crippen LogP contribution in [0.5, 0.6) is 0 Å². The van der Waals surface area contributed by atoms with E-state index in [0.717, 1.165) is 69.8 Å². The Morgan fingerprint density at radius 3 is 1.88 bits per heavy atom. The van der Waals surface area contributed by atoms with Crippen LogP contribution in [-0.2, 0) is 9.53 Å². The Bertz CT molecular complexity index is 1220. The van der Waals surface area contributed by atoms with Crippen LogP contribution in [0.3, 0.4) is 0 Å². The van der Waals surface area contributed by atoms with Gasteiger partial charge in [0.05, 0.1) is 0 Å². The molecule has 2 heteroatoms. The maximum absolute atomic E-state index is 12.1. The predicted octanol–water partition coefficient (Wildman–Crippen LogP) is 14.1. The Balaban J connectivity index is 2.06. The average molecular weight is 653 g/mol. The number of carbonyl (C=O) groups is 1. The van der Waals surface area contributed by atoms with Gasteiger partial charge in [-0.15, -0.1) is 0 Å². The van der Waals surface area contributed by atoms with Gasteiger partial charge in [0.25, 0.3) is 0 Å². The number of unbranched alkanes of at least 4 members (excludes halogenated alkanes) is 4. The van der Waals surface area contributed by atoms with Crippen molar-refractivity contribution in [3.05, 3.63) is 132 Å². The molecule has 0 aliphatic heterocycles. The van der Waals surface area contributed by atoms with E-state index in [1.807, 2.05) is 13.0 Å². The Hall–Kier alpha value is -3.39. The van der Waals surface area contributed by atoms with Crippen LogP contribution in [0.2, 0.25) is 0 Å². The van der Waals surface area contributed by atoms with E-state index in [1.54, 1.807) is 0 Å². The lowest BCUT2D eigenvalue weighted by Gasteiger charge is -2.32. The minimum atomic E-state index is -0.101. The lowest BCUT2D eigenvalue weighted by Crippen LogP contribution is -2.19. The Kier molecular flexibility index (Phi) is 25.4. The van der Waals surface area contributed by atoms with Crippen LogP contribution in [0, 0.1) is 5.41 Å². The summed E-state index contributed by atoms with van der Waals surface area (Å²) in [5, 5.41) is 0. The second-order valence-corrected chi connectivity index (χ2v) is 13.5. The Morgan fingerprint density at radius 1 is 0.729 bits per heavy atom. The molecule has 0 spiro atoms. The summed E-state index contributed by atoms with van der Waals surface area (Å²) in [7, 11) is 0. The summed E-state index contributed by atoms with van der Waals surface area (Å²) in [5.74, 6) is -0.101. The number of esters is 1. The summed E-state index contributed by atoms with van der Waals surface area (Å²) >= 11 is 0. The van der Waals surface area contributed by atoms with Crippen LogP contribution < -0.4 is 0 Å². The molecule has 0 aromatic rings. The van der Waals surface area contributed by atoms with Crippen molar-refractivity contribution in [2.45, 2.75) is 138 Å². The van der Waals surface area contributed by atoms with Crippen LogP contribution in [-0.4, -0.2) is 12.6 Å². The maximum atomic E-state index is 12.1. The molecule has 0 amide bonds. The average Bonchev–Trinajstić information content (AvgIpc) is 3.04. The molecule has 1 aliphatic carbocycles. The zero-order valence-corrected chi connectivity index (χ0v) is 31.5. The van der Waals surface area contributed by atoms with Gasteiger partial charge in [-0.25, -0.2) is 0 Å². The molecule has 0 saturated carbocycles. The molecule has 1 rings (SSSR count). The van der Waals surface area contributed by atoms with E-state index >= 15 is 0 Å². The van der Waals surface area contributed by atoms with Crippen molar-refractivity contribution < 1.29 is 9.53 Å². The van der Waals surface area contributed by atoms with Crippen molar-refractivity contribution in [1.82, 2.24) is 0 Å². The monoisotopic (exact) mass is 653 g/mol. The van der Waals surface area contributed by atoms with Gasteiger partial charge in [0.15, 0.2) is 0 Å². The van der Waals surface area contributed by atoms with Crippen LogP contribution in [0.4, 0.5) is 0 Å². The molecule has 0 bridgehead atoms. The first-order chi connectivity index (χ1) is 23.3. The fourth-order valence-electron chi connectivity index (χ4n) is 5.56. The molecule has 0 N–H and O–H groups in total. The quantitative estimate of drug-likeness (QED) is 0.0449. The third kappa shape index (κ3) is 23.9. The Labute approximate surface area is 296 Å². The van der Waals surface area contributed by atoms with Gasteiger partial charge in [0.2, 0.25) is 0 Å². The topological polar surface area (TPSA) is 26.3 Å². The summed E-state index contributed by atoms with van der Waals surface area (Å²) in [4.78, 5) is 12.1. The summed E-state index contributed by atoms with van der Waals surface area (Å²) in [6.45, 7) is 13.7. The summed E-state index contributed by atoms with van der Waals surface area (Å²) in [6.07, 6.45) is 55.4. The number of ether oxygens (including phenoxy) is 1. The van der Waals surface area contributed by atoms with Crippen molar-refractivity contribution in [3.8, 4) is 0 Å². The number of hydrogen-bond donors (Lipinski definition) is 0. The minimum Gasteiger partial charge on any atom is -0.461 e. The fourth-order valence-corrected chi connectivity index (χ4v) is 5.56. The van der Waals surface area contributed by atoms with Gasteiger partial charge < -0.3 is 4.74 Å². The Morgan fingerprint density at radius 2 is 1.29 bits per heavy atom. The lowest BCUT2D eigenvalue weighted by molar-refractivity contribution is -0.142. The first-order valence-electron chi connectivity index (χ1n) is 18.7. The summed E-state index contributed by atoms with van der Waals surface area (Å²) in [5.41, 5.74) is 5.60. The molecular formula is C46H68O2. The molecule has 48 heavy (non-hydrogen) atoms. The van der Waals surface area contributed by atoms with E-state index in [2.05, 4.69) is 138 Å². The second kappa shape index (κ2) is 28.6. The number of rotatable bonds is 24. The molecule has 0 aromatic heterocycles. The second-order valence-electron chi connectivity index (χ2n) is 13.5. The molecule has 0 saturated heterocycles. The largest absolute Gasteiger partial charge is 0.461 e. The molecule has 0 heterocycles. The third-order valence-electron chi connectivity index (χ3n) is 8.52. The summed E-state index contributed by atoms with van der Waals surface area (Å²) in [6, 6.07) is 0. The first-order valence-corrected chi connectivity index (χ1v) is 18.7. The molecule has 264 valence electrons. The van der Waals surface area contributed by atoms with E-state index in [4.69, 9.17) is 4.74 Å². The van der Waals surface area contributed by atoms with E-state index in [9.17, 15) is 4.79 Å². The molecule has 0 aromatic carbocycles. The molecule has 0 unspecified atom stereocenters. The molecule has 0 fully saturated rings. The molecular weight excluding hydrogens is 585 g/mol. The highest BCUT2D eigenvalue weighted by Gasteiger charge is 2.26. The number of allylic oxidation sites excluding steroid dienone is 21. The van der Waals surface area contributed by atoms with Gasteiger partial charge in [0.1, 0.15) is 6.61 Å². The van der Waals surface area contributed by atoms with Crippen LogP contribution in [0.15, 0.2) is 132 Å². The third-order valence-corrected chi connectivity index (χ3v) is 8.52. The molecule has 2 nitrogen and oxygen atoms in total. The lowest BCUT2D eigenvalue weighted by atomic mass is 9.72. The van der Waals surface area contributed by atoms with Crippen LogP contribution >= 0.6 is 0 Å². The zero-order valence-electron chi connectivity index (χ0n) is 31.5. The van der Waals surface area contributed by atoms with E-state index in [1.165, 1.54) is 42.4 Å². The van der Waals surface area contributed by atoms with Gasteiger partial charge in [-0.1, -0.05) is 154 Å². The van der Waals surface area contributed by atoms with Crippen molar-refractivity contribution in [2.75, 3.05) is 6.61 Å². The standard InChI is InChI=1S/C46H68O2/c1-7-8-9-10-11-12-13-14-15-16-17-18-19-20-21-22-23-24-25-26-27-28-29-35-45(47)48-40-38-42(3)33-30-32-41(2)36-37-44-43(4)34-31-39-46(44,5)6/h8-9,11-12,14-15,17-18,20-21,23-24,30,32-33,36-38H,7,10,13,16,19,22,25-29,31,34-35,39-40H2,1-6H3/b9-8-,12-11-,15-14-,18-17-,21-20-,24-23-,33-30+,37-36+,41-32+,42-38+. The van der Waals surface area contributed by atoms with Gasteiger partial charge >= 0.3 is 5.97 Å². The van der Waals surface area contributed by atoms with Crippen molar-refractivity contribution in [1.29, 1.82) is 0 Å². The first kappa shape index (κ1) is 42.6. The van der Waals surface area contributed by atoms with Gasteiger partial charge in [-0.3, -0.25) is 4.79 Å². The van der Waals surface area contributed by atoms with Gasteiger partial charge in [0, 0.05) is 6.42 Å². The van der Waals surface area contributed by atoms with Gasteiger partial charge in [-0.05, 0) is 115 Å². The minimum absolute atomic E-state index is 0.101. The molecule has 0 atom stereocenters. The smallest absolute Gasteiger partial charge is 0.306 e.